The molecule has 5 unspecified atom stereocenters. The first-order valence-corrected chi connectivity index (χ1v) is 18.2. The minimum Gasteiger partial charge on any atom is -0.456 e. The van der Waals surface area contributed by atoms with Gasteiger partial charge in [0.2, 0.25) is 0 Å². The van der Waals surface area contributed by atoms with Crippen molar-refractivity contribution in [3.8, 4) is 0 Å². The third-order valence-corrected chi connectivity index (χ3v) is 14.1. The topological polar surface area (TPSA) is 52.6 Å². The number of hydrogen-bond acceptors (Lipinski definition) is 4. The van der Waals surface area contributed by atoms with Crippen molar-refractivity contribution in [2.45, 2.75) is 170 Å². The highest BCUT2D eigenvalue weighted by Crippen LogP contribution is 2.82. The Morgan fingerprint density at radius 1 is 0.644 bits per heavy atom. The molecule has 5 atom stereocenters. The van der Waals surface area contributed by atoms with Crippen LogP contribution in [0.1, 0.15) is 159 Å². The van der Waals surface area contributed by atoms with Gasteiger partial charge in [-0.25, -0.2) is 9.59 Å². The van der Waals surface area contributed by atoms with Crippen LogP contribution in [0.15, 0.2) is 24.3 Å². The summed E-state index contributed by atoms with van der Waals surface area (Å²) in [5, 5.41) is 0. The highest BCUT2D eigenvalue weighted by atomic mass is 16.6. The molecule has 8 rings (SSSR count). The van der Waals surface area contributed by atoms with Gasteiger partial charge in [-0.1, -0.05) is 75.0 Å². The van der Waals surface area contributed by atoms with Gasteiger partial charge in [0, 0.05) is 11.1 Å². The van der Waals surface area contributed by atoms with E-state index in [1.165, 1.54) is 51.4 Å². The van der Waals surface area contributed by atoms with Crippen molar-refractivity contribution < 1.29 is 19.1 Å². The first-order valence-electron chi connectivity index (χ1n) is 18.2. The molecule has 8 bridgehead atoms. The van der Waals surface area contributed by atoms with Gasteiger partial charge in [0.05, 0.1) is 0 Å². The van der Waals surface area contributed by atoms with Gasteiger partial charge in [0.15, 0.2) is 0 Å². The Bertz CT molecular complexity index is 1190. The summed E-state index contributed by atoms with van der Waals surface area (Å²) in [4.78, 5) is 26.6. The lowest BCUT2D eigenvalue weighted by Gasteiger charge is -2.77. The average Bonchev–Trinajstić information content (AvgIpc) is 2.77. The molecule has 252 valence electrons. The molecule has 0 aromatic rings. The van der Waals surface area contributed by atoms with Crippen LogP contribution < -0.4 is 0 Å². The second-order valence-electron chi connectivity index (χ2n) is 20.9. The van der Waals surface area contributed by atoms with E-state index >= 15 is 0 Å². The van der Waals surface area contributed by atoms with Crippen LogP contribution in [-0.4, -0.2) is 23.1 Å². The van der Waals surface area contributed by atoms with Gasteiger partial charge in [0.25, 0.3) is 0 Å². The molecule has 0 saturated heterocycles. The second-order valence-corrected chi connectivity index (χ2v) is 20.9. The number of ether oxygens (including phenoxy) is 2. The maximum Gasteiger partial charge on any atom is 0.333 e. The van der Waals surface area contributed by atoms with Crippen LogP contribution >= 0.6 is 0 Å². The van der Waals surface area contributed by atoms with Crippen LogP contribution in [0.4, 0.5) is 0 Å². The van der Waals surface area contributed by atoms with E-state index in [1.807, 2.05) is 0 Å². The van der Waals surface area contributed by atoms with E-state index in [4.69, 9.17) is 9.47 Å². The summed E-state index contributed by atoms with van der Waals surface area (Å²) >= 11 is 0. The number of carbonyl (C=O) groups is 2. The van der Waals surface area contributed by atoms with Crippen molar-refractivity contribution in [2.75, 3.05) is 0 Å². The van der Waals surface area contributed by atoms with E-state index in [0.717, 1.165) is 38.5 Å². The van der Waals surface area contributed by atoms with Gasteiger partial charge < -0.3 is 9.47 Å². The van der Waals surface area contributed by atoms with Crippen LogP contribution in [0.5, 0.6) is 0 Å². The number of hydrogen-bond donors (Lipinski definition) is 0. The van der Waals surface area contributed by atoms with Crippen molar-refractivity contribution in [1.29, 1.82) is 0 Å². The maximum atomic E-state index is 13.3. The third-order valence-electron chi connectivity index (χ3n) is 14.1. The molecule has 8 fully saturated rings. The van der Waals surface area contributed by atoms with E-state index in [9.17, 15) is 9.59 Å². The van der Waals surface area contributed by atoms with E-state index in [-0.39, 0.29) is 49.8 Å². The maximum absolute atomic E-state index is 13.3. The number of rotatable bonds is 10. The van der Waals surface area contributed by atoms with Crippen molar-refractivity contribution in [1.82, 2.24) is 0 Å². The fourth-order valence-electron chi connectivity index (χ4n) is 16.2. The summed E-state index contributed by atoms with van der Waals surface area (Å²) < 4.78 is 13.3. The van der Waals surface area contributed by atoms with Crippen LogP contribution in [0.25, 0.3) is 0 Å². The molecule has 0 aromatic heterocycles. The summed E-state index contributed by atoms with van der Waals surface area (Å²) in [5.74, 6) is 0.648. The van der Waals surface area contributed by atoms with E-state index in [2.05, 4.69) is 68.5 Å². The average molecular weight is 621 g/mol. The molecule has 4 heteroatoms. The Morgan fingerprint density at radius 2 is 0.978 bits per heavy atom. The van der Waals surface area contributed by atoms with E-state index in [0.29, 0.717) is 23.0 Å². The predicted molar refractivity (Wildman–Crippen MR) is 181 cm³/mol. The minimum atomic E-state index is -0.431. The van der Waals surface area contributed by atoms with Crippen LogP contribution in [-0.2, 0) is 19.1 Å². The van der Waals surface area contributed by atoms with E-state index < -0.39 is 11.2 Å². The zero-order valence-electron chi connectivity index (χ0n) is 30.6. The quantitative estimate of drug-likeness (QED) is 0.180. The Morgan fingerprint density at radius 3 is 1.27 bits per heavy atom. The molecule has 8 aliphatic rings. The number of esters is 2. The SMILES string of the molecule is C=C(C)C(=O)OC12CC3(C)CC(C)(C1)CC(C(C(C)(C)CC(C)CC)C14CC5(C)CC(C)(CC(OC(=O)C(=C)C)(C5)C1)C4)(C3)C2. The lowest BCUT2D eigenvalue weighted by Crippen LogP contribution is -2.72. The van der Waals surface area contributed by atoms with Crippen molar-refractivity contribution in [3.05, 3.63) is 24.3 Å². The largest absolute Gasteiger partial charge is 0.456 e. The molecule has 8 saturated carbocycles. The van der Waals surface area contributed by atoms with Gasteiger partial charge in [-0.3, -0.25) is 0 Å². The molecule has 45 heavy (non-hydrogen) atoms. The fraction of sp³-hybridized carbons (Fsp3) is 0.854. The molecular formula is C41H64O4. The van der Waals surface area contributed by atoms with Crippen LogP contribution in [0.2, 0.25) is 0 Å². The highest BCUT2D eigenvalue weighted by Gasteiger charge is 2.76. The minimum absolute atomic E-state index is 0.0580. The first-order chi connectivity index (χ1) is 20.5. The predicted octanol–water partition coefficient (Wildman–Crippen LogP) is 10.5. The van der Waals surface area contributed by atoms with Gasteiger partial charge >= 0.3 is 11.9 Å². The molecule has 0 aliphatic heterocycles. The monoisotopic (exact) mass is 620 g/mol. The lowest BCUT2D eigenvalue weighted by molar-refractivity contribution is -0.307. The molecule has 8 aliphatic carbocycles. The van der Waals surface area contributed by atoms with Crippen molar-refractivity contribution in [2.24, 2.45) is 49.7 Å². The zero-order valence-corrected chi connectivity index (χ0v) is 30.6. The zero-order chi connectivity index (χ0) is 33.3. The third kappa shape index (κ3) is 5.39. The standard InChI is InChI=1S/C41H64O4/c1-13-29(6)14-33(7,8)32(38-17-34(9)15-35(10,18-38)22-40(21-34,25-38)44-30(42)27(2)3)39-19-36(11)16-37(12,20-39)24-41(23-36,26-39)45-31(43)28(4)5/h29,32H,2,4,13-26H2,1,3,5-12H3. The highest BCUT2D eigenvalue weighted by molar-refractivity contribution is 5.87. The van der Waals surface area contributed by atoms with Crippen molar-refractivity contribution >= 4 is 11.9 Å². The summed E-state index contributed by atoms with van der Waals surface area (Å²) in [5.41, 5.74) is 0.911. The molecule has 0 heterocycles. The van der Waals surface area contributed by atoms with Gasteiger partial charge in [0.1, 0.15) is 11.2 Å². The molecule has 0 N–H and O–H groups in total. The van der Waals surface area contributed by atoms with Crippen LogP contribution in [0, 0.1) is 49.7 Å². The number of carbonyl (C=O) groups excluding carboxylic acids is 2. The molecule has 0 amide bonds. The van der Waals surface area contributed by atoms with E-state index in [1.54, 1.807) is 13.8 Å². The summed E-state index contributed by atoms with van der Waals surface area (Å²) in [6.07, 6.45) is 15.5. The molecule has 4 nitrogen and oxygen atoms in total. The lowest BCUT2D eigenvalue weighted by atomic mass is 9.28. The smallest absolute Gasteiger partial charge is 0.333 e. The molecule has 0 aromatic carbocycles. The summed E-state index contributed by atoms with van der Waals surface area (Å²) in [6.45, 7) is 31.6. The Kier molecular flexibility index (Phi) is 7.22. The van der Waals surface area contributed by atoms with Gasteiger partial charge in [-0.15, -0.1) is 0 Å². The van der Waals surface area contributed by atoms with Gasteiger partial charge in [-0.2, -0.15) is 0 Å². The summed E-state index contributed by atoms with van der Waals surface area (Å²) in [6, 6.07) is 0. The summed E-state index contributed by atoms with van der Waals surface area (Å²) in [7, 11) is 0. The Balaban J connectivity index is 1.54. The molecular weight excluding hydrogens is 556 g/mol. The second kappa shape index (κ2) is 9.74. The molecule has 0 radical (unpaired) electrons. The molecule has 0 spiro atoms. The van der Waals surface area contributed by atoms with Gasteiger partial charge in [-0.05, 0) is 147 Å². The van der Waals surface area contributed by atoms with Crippen molar-refractivity contribution in [3.63, 3.8) is 0 Å². The first kappa shape index (κ1) is 33.3. The Labute approximate surface area is 274 Å². The normalized spacial score (nSPS) is 47.3. The fourth-order valence-corrected chi connectivity index (χ4v) is 16.2. The van der Waals surface area contributed by atoms with Crippen LogP contribution in [0.3, 0.4) is 0 Å². The Hall–Kier alpha value is -1.58.